The number of hydrogen-bond donors (Lipinski definition) is 1. The predicted octanol–water partition coefficient (Wildman–Crippen LogP) is 2.17. The van der Waals surface area contributed by atoms with Crippen molar-refractivity contribution in [2.24, 2.45) is 5.73 Å². The van der Waals surface area contributed by atoms with Crippen LogP contribution in [0.1, 0.15) is 53.4 Å². The van der Waals surface area contributed by atoms with Crippen LogP contribution in [-0.2, 0) is 9.53 Å². The summed E-state index contributed by atoms with van der Waals surface area (Å²) in [5.74, 6) is -0.280. The van der Waals surface area contributed by atoms with Crippen molar-refractivity contribution in [2.75, 3.05) is 19.7 Å². The number of ether oxygens (including phenoxy) is 1. The number of rotatable bonds is 10. The van der Waals surface area contributed by atoms with E-state index in [1.807, 2.05) is 0 Å². The summed E-state index contributed by atoms with van der Waals surface area (Å²) in [5, 5.41) is 0. The van der Waals surface area contributed by atoms with E-state index in [1.165, 1.54) is 12.8 Å². The van der Waals surface area contributed by atoms with Gasteiger partial charge in [0.25, 0.3) is 0 Å². The van der Waals surface area contributed by atoms with E-state index < -0.39 is 6.04 Å². The maximum Gasteiger partial charge on any atom is 0.322 e. The summed E-state index contributed by atoms with van der Waals surface area (Å²) in [6, 6.07) is 0.0593. The summed E-state index contributed by atoms with van der Waals surface area (Å²) in [7, 11) is 0. The Kier molecular flexibility index (Phi) is 9.98. The van der Waals surface area contributed by atoms with Crippen LogP contribution in [0.4, 0.5) is 0 Å². The van der Waals surface area contributed by atoms with Crippen LogP contribution < -0.4 is 5.73 Å². The molecule has 2 unspecified atom stereocenters. The Morgan fingerprint density at radius 2 is 1.94 bits per heavy atom. The van der Waals surface area contributed by atoms with Gasteiger partial charge in [0.1, 0.15) is 6.04 Å². The predicted molar refractivity (Wildman–Crippen MR) is 75.5 cm³/mol. The summed E-state index contributed by atoms with van der Waals surface area (Å²) in [6.07, 6.45) is 4.18. The highest BCUT2D eigenvalue weighted by molar-refractivity contribution is 5.75. The summed E-state index contributed by atoms with van der Waals surface area (Å²) >= 11 is 0. The molecular formula is C14H30N2O2. The molecule has 0 bridgehead atoms. The highest BCUT2D eigenvalue weighted by Gasteiger charge is 2.18. The van der Waals surface area contributed by atoms with Crippen molar-refractivity contribution in [1.29, 1.82) is 0 Å². The Hall–Kier alpha value is -0.610. The molecule has 0 saturated heterocycles. The van der Waals surface area contributed by atoms with Gasteiger partial charge in [0.05, 0.1) is 6.61 Å². The molecule has 0 aromatic carbocycles. The lowest BCUT2D eigenvalue weighted by atomic mass is 10.1. The molecule has 0 amide bonds. The van der Waals surface area contributed by atoms with E-state index in [0.717, 1.165) is 19.5 Å². The molecule has 0 aliphatic rings. The van der Waals surface area contributed by atoms with Crippen molar-refractivity contribution >= 4 is 5.97 Å². The Bertz CT molecular complexity index is 222. The van der Waals surface area contributed by atoms with Gasteiger partial charge in [0.15, 0.2) is 0 Å². The molecule has 0 radical (unpaired) electrons. The fraction of sp³-hybridized carbons (Fsp3) is 0.929. The summed E-state index contributed by atoms with van der Waals surface area (Å²) < 4.78 is 4.92. The SMILES string of the molecule is CCCCN(CCC(N)C(=O)OCC)C(C)CC. The molecule has 0 aliphatic carbocycles. The van der Waals surface area contributed by atoms with E-state index in [-0.39, 0.29) is 5.97 Å². The number of carbonyl (C=O) groups is 1. The molecule has 18 heavy (non-hydrogen) atoms. The van der Waals surface area contributed by atoms with Crippen molar-refractivity contribution in [3.63, 3.8) is 0 Å². The maximum absolute atomic E-state index is 11.4. The highest BCUT2D eigenvalue weighted by Crippen LogP contribution is 2.07. The second kappa shape index (κ2) is 10.3. The second-order valence-electron chi connectivity index (χ2n) is 4.79. The number of hydrogen-bond acceptors (Lipinski definition) is 4. The summed E-state index contributed by atoms with van der Waals surface area (Å²) in [4.78, 5) is 13.9. The zero-order valence-electron chi connectivity index (χ0n) is 12.4. The van der Waals surface area contributed by atoms with Gasteiger partial charge in [-0.25, -0.2) is 0 Å². The number of nitrogens with two attached hydrogens (primary N) is 1. The van der Waals surface area contributed by atoms with E-state index in [4.69, 9.17) is 10.5 Å². The number of unbranched alkanes of at least 4 members (excludes halogenated alkanes) is 1. The van der Waals surface area contributed by atoms with Gasteiger partial charge in [-0.3, -0.25) is 4.79 Å². The Balaban J connectivity index is 4.11. The largest absolute Gasteiger partial charge is 0.465 e. The number of carbonyl (C=O) groups excluding carboxylic acids is 1. The first-order valence-corrected chi connectivity index (χ1v) is 7.22. The van der Waals surface area contributed by atoms with E-state index in [1.54, 1.807) is 6.92 Å². The van der Waals surface area contributed by atoms with E-state index in [0.29, 0.717) is 19.1 Å². The molecule has 0 fully saturated rings. The minimum absolute atomic E-state index is 0.280. The van der Waals surface area contributed by atoms with Crippen LogP contribution in [0.2, 0.25) is 0 Å². The first-order chi connectivity index (χ1) is 8.56. The van der Waals surface area contributed by atoms with Crippen molar-refractivity contribution in [1.82, 2.24) is 4.90 Å². The molecule has 0 saturated carbocycles. The van der Waals surface area contributed by atoms with Crippen molar-refractivity contribution in [3.8, 4) is 0 Å². The standard InChI is InChI=1S/C14H30N2O2/c1-5-8-10-16(12(4)6-2)11-9-13(15)14(17)18-7-3/h12-13H,5-11,15H2,1-4H3. The molecule has 0 spiro atoms. The number of esters is 1. The lowest BCUT2D eigenvalue weighted by molar-refractivity contribution is -0.144. The topological polar surface area (TPSA) is 55.6 Å². The van der Waals surface area contributed by atoms with Crippen molar-refractivity contribution < 1.29 is 9.53 Å². The van der Waals surface area contributed by atoms with Crippen molar-refractivity contribution in [3.05, 3.63) is 0 Å². The van der Waals surface area contributed by atoms with Crippen LogP contribution in [-0.4, -0.2) is 42.6 Å². The zero-order valence-corrected chi connectivity index (χ0v) is 12.4. The quantitative estimate of drug-likeness (QED) is 0.610. The molecule has 0 aliphatic heterocycles. The molecule has 0 heterocycles. The first-order valence-electron chi connectivity index (χ1n) is 7.22. The van der Waals surface area contributed by atoms with Gasteiger partial charge in [-0.2, -0.15) is 0 Å². The second-order valence-corrected chi connectivity index (χ2v) is 4.79. The van der Waals surface area contributed by atoms with Gasteiger partial charge in [-0.1, -0.05) is 20.3 Å². The van der Waals surface area contributed by atoms with E-state index in [2.05, 4.69) is 25.7 Å². The van der Waals surface area contributed by atoms with Crippen molar-refractivity contribution in [2.45, 2.75) is 65.5 Å². The third-order valence-corrected chi connectivity index (χ3v) is 3.33. The van der Waals surface area contributed by atoms with Crippen LogP contribution in [0.15, 0.2) is 0 Å². The molecule has 4 nitrogen and oxygen atoms in total. The summed E-state index contributed by atoms with van der Waals surface area (Å²) in [5.41, 5.74) is 5.82. The van der Waals surface area contributed by atoms with Crippen LogP contribution >= 0.6 is 0 Å². The molecule has 2 N–H and O–H groups in total. The Morgan fingerprint density at radius 3 is 2.44 bits per heavy atom. The third kappa shape index (κ3) is 6.97. The molecule has 0 aromatic heterocycles. The lowest BCUT2D eigenvalue weighted by Gasteiger charge is -2.29. The molecule has 4 heteroatoms. The first kappa shape index (κ1) is 17.4. The van der Waals surface area contributed by atoms with Crippen LogP contribution in [0.25, 0.3) is 0 Å². The average Bonchev–Trinajstić information content (AvgIpc) is 2.37. The minimum Gasteiger partial charge on any atom is -0.465 e. The molecule has 108 valence electrons. The number of nitrogens with zero attached hydrogens (tertiary/aromatic N) is 1. The van der Waals surface area contributed by atoms with Gasteiger partial charge in [-0.05, 0) is 39.7 Å². The van der Waals surface area contributed by atoms with Crippen LogP contribution in [0.3, 0.4) is 0 Å². The van der Waals surface area contributed by atoms with Gasteiger partial charge in [-0.15, -0.1) is 0 Å². The van der Waals surface area contributed by atoms with E-state index in [9.17, 15) is 4.79 Å². The molecule has 0 rings (SSSR count). The van der Waals surface area contributed by atoms with E-state index >= 15 is 0 Å². The van der Waals surface area contributed by atoms with Gasteiger partial charge >= 0.3 is 5.97 Å². The molecule has 2 atom stereocenters. The van der Waals surface area contributed by atoms with Crippen LogP contribution in [0, 0.1) is 0 Å². The van der Waals surface area contributed by atoms with Gasteiger partial charge in [0, 0.05) is 12.6 Å². The smallest absolute Gasteiger partial charge is 0.322 e. The molecule has 0 aromatic rings. The monoisotopic (exact) mass is 258 g/mol. The zero-order chi connectivity index (χ0) is 14.0. The lowest BCUT2D eigenvalue weighted by Crippen LogP contribution is -2.40. The normalized spacial score (nSPS) is 14.6. The fourth-order valence-electron chi connectivity index (χ4n) is 1.84. The van der Waals surface area contributed by atoms with Gasteiger partial charge < -0.3 is 15.4 Å². The third-order valence-electron chi connectivity index (χ3n) is 3.33. The summed E-state index contributed by atoms with van der Waals surface area (Å²) in [6.45, 7) is 10.8. The fourth-order valence-corrected chi connectivity index (χ4v) is 1.84. The average molecular weight is 258 g/mol. The maximum atomic E-state index is 11.4. The van der Waals surface area contributed by atoms with Gasteiger partial charge in [0.2, 0.25) is 0 Å². The van der Waals surface area contributed by atoms with Crippen LogP contribution in [0.5, 0.6) is 0 Å². The molecular weight excluding hydrogens is 228 g/mol. The highest BCUT2D eigenvalue weighted by atomic mass is 16.5. The minimum atomic E-state index is -0.488. The Morgan fingerprint density at radius 1 is 1.28 bits per heavy atom. The Labute approximate surface area is 112 Å².